The van der Waals surface area contributed by atoms with E-state index in [1.807, 2.05) is 34.5 Å². The van der Waals surface area contributed by atoms with Crippen molar-refractivity contribution in [3.63, 3.8) is 0 Å². The lowest BCUT2D eigenvalue weighted by molar-refractivity contribution is -0.568. The number of hydrogen-bond acceptors (Lipinski definition) is 4. The van der Waals surface area contributed by atoms with Gasteiger partial charge in [0.25, 0.3) is 5.88 Å². The summed E-state index contributed by atoms with van der Waals surface area (Å²) in [5.74, 6) is 0.270. The molecule has 5 heteroatoms. The molecule has 0 radical (unpaired) electrons. The van der Waals surface area contributed by atoms with Gasteiger partial charge in [0.2, 0.25) is 0 Å². The zero-order chi connectivity index (χ0) is 17.8. The smallest absolute Gasteiger partial charge is 0.270 e. The second-order valence-electron chi connectivity index (χ2n) is 7.71. The maximum absolute atomic E-state index is 10.9. The van der Waals surface area contributed by atoms with Crippen molar-refractivity contribution in [2.75, 3.05) is 12.1 Å². The van der Waals surface area contributed by atoms with Crippen LogP contribution in [0.5, 0.6) is 0 Å². The summed E-state index contributed by atoms with van der Waals surface area (Å²) in [5, 5.41) is 15.0. The summed E-state index contributed by atoms with van der Waals surface area (Å²) >= 11 is 0. The van der Waals surface area contributed by atoms with Crippen LogP contribution in [0.1, 0.15) is 26.3 Å². The van der Waals surface area contributed by atoms with E-state index < -0.39 is 0 Å². The highest BCUT2D eigenvalue weighted by molar-refractivity contribution is 5.68. The molecule has 0 unspecified atom stereocenters. The Kier molecular flexibility index (Phi) is 4.30. The first-order valence-corrected chi connectivity index (χ1v) is 8.58. The number of nitrogens with two attached hydrogens (primary N) is 1. The maximum Gasteiger partial charge on any atom is 0.270 e. The first-order chi connectivity index (χ1) is 11.9. The Morgan fingerprint density at radius 2 is 1.62 bits per heavy atom. The molecule has 0 spiro atoms. The van der Waals surface area contributed by atoms with Gasteiger partial charge < -0.3 is 15.5 Å². The molecule has 0 saturated carbocycles. The van der Waals surface area contributed by atoms with Gasteiger partial charge in [0.05, 0.1) is 5.69 Å². The molecule has 136 valence electrons. The minimum atomic E-state index is 0. The summed E-state index contributed by atoms with van der Waals surface area (Å²) in [6.07, 6.45) is 2.06. The SMILES string of the molecule is CN1C=c2ccccc2=C2[NH2+]N(c3ccc(C(C)(C)C)cc3)C(O)=C21.[OH-]. The Hall–Kier alpha value is -2.76. The van der Waals surface area contributed by atoms with Crippen LogP contribution in [0.15, 0.2) is 60.1 Å². The summed E-state index contributed by atoms with van der Waals surface area (Å²) < 4.78 is 0. The second-order valence-corrected chi connectivity index (χ2v) is 7.71. The fraction of sp³-hybridized carbons (Fsp3) is 0.238. The molecule has 2 heterocycles. The molecular weight excluding hydrogens is 326 g/mol. The van der Waals surface area contributed by atoms with Gasteiger partial charge in [-0.15, -0.1) is 0 Å². The summed E-state index contributed by atoms with van der Waals surface area (Å²) in [6, 6.07) is 16.7. The number of quaternary nitrogens is 1. The number of hydrogen-bond donors (Lipinski definition) is 2. The van der Waals surface area contributed by atoms with Gasteiger partial charge in [-0.3, -0.25) is 0 Å². The van der Waals surface area contributed by atoms with Gasteiger partial charge in [-0.1, -0.05) is 51.1 Å². The molecule has 26 heavy (non-hydrogen) atoms. The van der Waals surface area contributed by atoms with Crippen molar-refractivity contribution in [2.24, 2.45) is 0 Å². The Morgan fingerprint density at radius 1 is 0.962 bits per heavy atom. The zero-order valence-corrected chi connectivity index (χ0v) is 15.6. The molecule has 0 aromatic heterocycles. The van der Waals surface area contributed by atoms with Gasteiger partial charge in [-0.2, -0.15) is 5.01 Å². The predicted molar refractivity (Wildman–Crippen MR) is 102 cm³/mol. The summed E-state index contributed by atoms with van der Waals surface area (Å²) in [4.78, 5) is 1.99. The molecule has 0 aliphatic carbocycles. The Morgan fingerprint density at radius 3 is 2.27 bits per heavy atom. The number of rotatable bonds is 1. The van der Waals surface area contributed by atoms with Gasteiger partial charge in [-0.25, -0.2) is 5.43 Å². The number of aliphatic hydroxyl groups excluding tert-OH is 1. The average Bonchev–Trinajstić information content (AvgIpc) is 2.93. The van der Waals surface area contributed by atoms with Crippen LogP contribution in [0.4, 0.5) is 5.69 Å². The summed E-state index contributed by atoms with van der Waals surface area (Å²) in [6.45, 7) is 6.61. The lowest BCUT2D eigenvalue weighted by atomic mass is 9.87. The van der Waals surface area contributed by atoms with E-state index in [4.69, 9.17) is 0 Å². The van der Waals surface area contributed by atoms with Crippen molar-refractivity contribution in [2.45, 2.75) is 26.2 Å². The van der Waals surface area contributed by atoms with E-state index in [1.54, 1.807) is 0 Å². The molecular formula is C21H25N3O2. The Balaban J connectivity index is 0.00000196. The third-order valence-electron chi connectivity index (χ3n) is 4.90. The topological polar surface area (TPSA) is 73.3 Å². The van der Waals surface area contributed by atoms with E-state index in [0.29, 0.717) is 0 Å². The van der Waals surface area contributed by atoms with E-state index in [1.165, 1.54) is 5.56 Å². The predicted octanol–water partition coefficient (Wildman–Crippen LogP) is 1.32. The van der Waals surface area contributed by atoms with Gasteiger partial charge in [0, 0.05) is 23.7 Å². The van der Waals surface area contributed by atoms with Gasteiger partial charge in [0.1, 0.15) is 0 Å². The molecule has 0 amide bonds. The highest BCUT2D eigenvalue weighted by Gasteiger charge is 2.36. The van der Waals surface area contributed by atoms with E-state index in [0.717, 1.165) is 27.5 Å². The number of likely N-dealkylation sites (N-methyl/N-ethyl adjacent to an activating group) is 1. The summed E-state index contributed by atoms with van der Waals surface area (Å²) in [5.41, 5.74) is 6.29. The van der Waals surface area contributed by atoms with Crippen LogP contribution < -0.4 is 20.9 Å². The molecule has 5 nitrogen and oxygen atoms in total. The fourth-order valence-electron chi connectivity index (χ4n) is 3.48. The van der Waals surface area contributed by atoms with E-state index >= 15 is 0 Å². The Bertz CT molecular complexity index is 985. The number of nitrogens with zero attached hydrogens (tertiary/aromatic N) is 2. The molecule has 4 N–H and O–H groups in total. The number of fused-ring (bicyclic) bond motifs is 2. The third kappa shape index (κ3) is 2.75. The van der Waals surface area contributed by atoms with Crippen LogP contribution in [0.3, 0.4) is 0 Å². The zero-order valence-electron chi connectivity index (χ0n) is 15.6. The van der Waals surface area contributed by atoms with Crippen LogP contribution in [-0.2, 0) is 5.41 Å². The molecule has 2 aliphatic rings. The Labute approximate surface area is 153 Å². The van der Waals surface area contributed by atoms with Crippen molar-refractivity contribution >= 4 is 17.6 Å². The summed E-state index contributed by atoms with van der Waals surface area (Å²) in [7, 11) is 1.97. The molecule has 0 atom stereocenters. The van der Waals surface area contributed by atoms with E-state index in [-0.39, 0.29) is 16.8 Å². The molecule has 0 fully saturated rings. The highest BCUT2D eigenvalue weighted by Crippen LogP contribution is 2.28. The van der Waals surface area contributed by atoms with Gasteiger partial charge in [0.15, 0.2) is 11.4 Å². The van der Waals surface area contributed by atoms with Crippen LogP contribution in [0.2, 0.25) is 0 Å². The molecule has 2 aliphatic heterocycles. The normalized spacial score (nSPS) is 16.1. The second kappa shape index (κ2) is 6.20. The van der Waals surface area contributed by atoms with Crippen LogP contribution in [0.25, 0.3) is 11.9 Å². The molecule has 4 rings (SSSR count). The van der Waals surface area contributed by atoms with Crippen molar-refractivity contribution in [3.8, 4) is 0 Å². The van der Waals surface area contributed by atoms with E-state index in [2.05, 4.69) is 63.4 Å². The average molecular weight is 351 g/mol. The first-order valence-electron chi connectivity index (χ1n) is 8.58. The largest absolute Gasteiger partial charge is 0.870 e. The third-order valence-corrected chi connectivity index (χ3v) is 4.90. The lowest BCUT2D eigenvalue weighted by Crippen LogP contribution is -2.90. The van der Waals surface area contributed by atoms with Crippen LogP contribution in [-0.4, -0.2) is 22.5 Å². The minimum absolute atomic E-state index is 0. The molecule has 0 saturated heterocycles. The molecule has 2 aromatic rings. The lowest BCUT2D eigenvalue weighted by Gasteiger charge is -2.20. The quantitative estimate of drug-likeness (QED) is 0.760. The molecule has 0 bridgehead atoms. The fourth-order valence-corrected chi connectivity index (χ4v) is 3.48. The maximum atomic E-state index is 10.9. The van der Waals surface area contributed by atoms with Crippen molar-refractivity contribution in [1.82, 2.24) is 4.90 Å². The monoisotopic (exact) mass is 351 g/mol. The first kappa shape index (κ1) is 18.0. The van der Waals surface area contributed by atoms with Crippen molar-refractivity contribution < 1.29 is 16.0 Å². The number of aliphatic hydroxyl groups is 1. The van der Waals surface area contributed by atoms with Crippen LogP contribution >= 0.6 is 0 Å². The number of anilines is 1. The minimum Gasteiger partial charge on any atom is -0.870 e. The van der Waals surface area contributed by atoms with Crippen LogP contribution in [0, 0.1) is 0 Å². The molecule has 2 aromatic carbocycles. The van der Waals surface area contributed by atoms with E-state index in [9.17, 15) is 5.11 Å². The van der Waals surface area contributed by atoms with Crippen molar-refractivity contribution in [1.29, 1.82) is 0 Å². The van der Waals surface area contributed by atoms with Gasteiger partial charge in [-0.05, 0) is 29.2 Å². The highest BCUT2D eigenvalue weighted by atomic mass is 16.3. The standard InChI is InChI=1S/C21H23N3O.H2O/c1-21(2,3)15-9-11-16(12-10-15)24-20(25)19-18(22-24)17-8-6-5-7-14(17)13-23(19)4;/h5-13,22,25H,1-4H3;1H2. The van der Waals surface area contributed by atoms with Crippen molar-refractivity contribution in [3.05, 3.63) is 76.1 Å². The van der Waals surface area contributed by atoms with Gasteiger partial charge >= 0.3 is 0 Å². The number of benzene rings is 2.